The molecule has 0 atom stereocenters. The van der Waals surface area contributed by atoms with E-state index < -0.39 is 0 Å². The number of rotatable bonds is 18. The van der Waals surface area contributed by atoms with Crippen molar-refractivity contribution in [2.24, 2.45) is 5.73 Å². The summed E-state index contributed by atoms with van der Waals surface area (Å²) < 4.78 is 22.6. The first-order valence-electron chi connectivity index (χ1n) is 9.60. The van der Waals surface area contributed by atoms with Gasteiger partial charge in [0.2, 0.25) is 0 Å². The second kappa shape index (κ2) is 17.6. The van der Waals surface area contributed by atoms with Crippen molar-refractivity contribution in [1.82, 2.24) is 4.90 Å². The highest BCUT2D eigenvalue weighted by Crippen LogP contribution is 2.08. The van der Waals surface area contributed by atoms with E-state index >= 15 is 0 Å². The Bertz CT molecular complexity index is 225. The largest absolute Gasteiger partial charge is 0.353 e. The number of ether oxygens (including phenoxy) is 4. The molecule has 0 saturated carbocycles. The average Bonchev–Trinajstić information content (AvgIpc) is 2.57. The summed E-state index contributed by atoms with van der Waals surface area (Å²) in [6.07, 6.45) is 3.67. The summed E-state index contributed by atoms with van der Waals surface area (Å²) in [4.78, 5) is 2.44. The van der Waals surface area contributed by atoms with Crippen LogP contribution < -0.4 is 5.73 Å². The first-order valence-corrected chi connectivity index (χ1v) is 9.60. The fourth-order valence-corrected chi connectivity index (χ4v) is 2.56. The molecule has 2 N–H and O–H groups in total. The molecule has 0 unspecified atom stereocenters. The van der Waals surface area contributed by atoms with Crippen molar-refractivity contribution in [3.05, 3.63) is 0 Å². The highest BCUT2D eigenvalue weighted by Gasteiger charge is 2.14. The second-order valence-corrected chi connectivity index (χ2v) is 5.60. The highest BCUT2D eigenvalue weighted by atomic mass is 16.7. The van der Waals surface area contributed by atoms with Gasteiger partial charge in [-0.3, -0.25) is 0 Å². The zero-order valence-corrected chi connectivity index (χ0v) is 16.3. The molecule has 0 aromatic rings. The summed E-state index contributed by atoms with van der Waals surface area (Å²) in [6.45, 7) is 14.4. The van der Waals surface area contributed by atoms with Crippen molar-refractivity contribution >= 4 is 0 Å². The van der Waals surface area contributed by atoms with Crippen LogP contribution in [0.3, 0.4) is 0 Å². The third-order valence-corrected chi connectivity index (χ3v) is 3.70. The molecule has 0 aliphatic rings. The maximum atomic E-state index is 5.64. The number of hydrogen-bond donors (Lipinski definition) is 1. The highest BCUT2D eigenvalue weighted by molar-refractivity contribution is 4.62. The van der Waals surface area contributed by atoms with E-state index in [9.17, 15) is 0 Å². The Balaban J connectivity index is 4.37. The topological polar surface area (TPSA) is 66.2 Å². The molecule has 0 aromatic heterocycles. The fourth-order valence-electron chi connectivity index (χ4n) is 2.56. The lowest BCUT2D eigenvalue weighted by molar-refractivity contribution is -0.147. The molecule has 0 aromatic carbocycles. The second-order valence-electron chi connectivity index (χ2n) is 5.60. The summed E-state index contributed by atoms with van der Waals surface area (Å²) in [5.41, 5.74) is 5.62. The number of nitrogens with two attached hydrogens (primary N) is 1. The van der Waals surface area contributed by atoms with E-state index in [1.54, 1.807) is 0 Å². The molecular formula is C18H40N2O4. The third kappa shape index (κ3) is 13.1. The lowest BCUT2D eigenvalue weighted by atomic mass is 10.2. The van der Waals surface area contributed by atoms with Crippen molar-refractivity contribution in [2.45, 2.75) is 66.0 Å². The molecule has 6 heteroatoms. The van der Waals surface area contributed by atoms with Gasteiger partial charge in [-0.1, -0.05) is 0 Å². The molecule has 0 radical (unpaired) electrons. The normalized spacial score (nSPS) is 12.0. The van der Waals surface area contributed by atoms with Crippen LogP contribution in [0.1, 0.15) is 53.4 Å². The Labute approximate surface area is 148 Å². The summed E-state index contributed by atoms with van der Waals surface area (Å²) in [7, 11) is 0. The molecule has 0 saturated heterocycles. The van der Waals surface area contributed by atoms with Gasteiger partial charge in [0, 0.05) is 52.4 Å². The monoisotopic (exact) mass is 348 g/mol. The maximum Gasteiger partial charge on any atom is 0.158 e. The maximum absolute atomic E-state index is 5.64. The van der Waals surface area contributed by atoms with Crippen LogP contribution in [0.15, 0.2) is 0 Å². The minimum atomic E-state index is -0.119. The fraction of sp³-hybridized carbons (Fsp3) is 1.00. The molecule has 0 rings (SSSR count). The van der Waals surface area contributed by atoms with E-state index in [0.29, 0.717) is 26.4 Å². The van der Waals surface area contributed by atoms with Crippen LogP contribution in [0.4, 0.5) is 0 Å². The zero-order valence-electron chi connectivity index (χ0n) is 16.3. The van der Waals surface area contributed by atoms with Crippen molar-refractivity contribution in [2.75, 3.05) is 52.6 Å². The smallest absolute Gasteiger partial charge is 0.158 e. The Morgan fingerprint density at radius 1 is 0.667 bits per heavy atom. The van der Waals surface area contributed by atoms with Gasteiger partial charge in [-0.2, -0.15) is 0 Å². The molecule has 0 bridgehead atoms. The van der Waals surface area contributed by atoms with Crippen molar-refractivity contribution < 1.29 is 18.9 Å². The van der Waals surface area contributed by atoms with E-state index in [-0.39, 0.29) is 12.6 Å². The Hall–Kier alpha value is -0.240. The van der Waals surface area contributed by atoms with Crippen LogP contribution in [0.25, 0.3) is 0 Å². The van der Waals surface area contributed by atoms with E-state index in [0.717, 1.165) is 51.9 Å². The average molecular weight is 349 g/mol. The van der Waals surface area contributed by atoms with Crippen LogP contribution in [0.2, 0.25) is 0 Å². The number of unbranched alkanes of at least 4 members (excludes halogenated alkanes) is 1. The van der Waals surface area contributed by atoms with Crippen LogP contribution in [0.5, 0.6) is 0 Å². The molecular weight excluding hydrogens is 308 g/mol. The summed E-state index contributed by atoms with van der Waals surface area (Å²) in [6, 6.07) is 0. The molecule has 0 heterocycles. The molecule has 6 nitrogen and oxygen atoms in total. The first-order chi connectivity index (χ1) is 11.7. The lowest BCUT2D eigenvalue weighted by Crippen LogP contribution is -2.34. The predicted octanol–water partition coefficient (Wildman–Crippen LogP) is 2.61. The van der Waals surface area contributed by atoms with Gasteiger partial charge in [0.05, 0.1) is 0 Å². The molecule has 0 fully saturated rings. The predicted molar refractivity (Wildman–Crippen MR) is 98.0 cm³/mol. The molecule has 0 spiro atoms. The standard InChI is InChI=1S/C18H40N2O4/c1-5-21-17(22-6-2)11-15-20(14-10-9-13-19)16-12-18(23-7-3)24-8-4/h17-18H,5-16,19H2,1-4H3. The van der Waals surface area contributed by atoms with Crippen molar-refractivity contribution in [3.8, 4) is 0 Å². The van der Waals surface area contributed by atoms with Gasteiger partial charge in [0.15, 0.2) is 12.6 Å². The molecule has 0 amide bonds. The Morgan fingerprint density at radius 3 is 1.42 bits per heavy atom. The van der Waals surface area contributed by atoms with Crippen LogP contribution in [0, 0.1) is 0 Å². The molecule has 0 aliphatic heterocycles. The number of nitrogens with zero attached hydrogens (tertiary/aromatic N) is 1. The summed E-state index contributed by atoms with van der Waals surface area (Å²) in [5.74, 6) is 0. The van der Waals surface area contributed by atoms with Gasteiger partial charge < -0.3 is 29.6 Å². The quantitative estimate of drug-likeness (QED) is 0.303. The minimum absolute atomic E-state index is 0.119. The van der Waals surface area contributed by atoms with Gasteiger partial charge in [0.25, 0.3) is 0 Å². The van der Waals surface area contributed by atoms with Crippen molar-refractivity contribution in [1.29, 1.82) is 0 Å². The summed E-state index contributed by atoms with van der Waals surface area (Å²) in [5, 5.41) is 0. The lowest BCUT2D eigenvalue weighted by Gasteiger charge is -2.27. The van der Waals surface area contributed by atoms with E-state index in [4.69, 9.17) is 24.7 Å². The number of hydrogen-bond acceptors (Lipinski definition) is 6. The van der Waals surface area contributed by atoms with E-state index in [2.05, 4.69) is 4.90 Å². The Morgan fingerprint density at radius 2 is 1.08 bits per heavy atom. The molecule has 0 aliphatic carbocycles. The Kier molecular flexibility index (Phi) is 17.4. The molecule has 146 valence electrons. The van der Waals surface area contributed by atoms with Gasteiger partial charge in [-0.05, 0) is 53.6 Å². The van der Waals surface area contributed by atoms with Gasteiger partial charge in [-0.15, -0.1) is 0 Å². The zero-order chi connectivity index (χ0) is 18.0. The summed E-state index contributed by atoms with van der Waals surface area (Å²) >= 11 is 0. The van der Waals surface area contributed by atoms with Crippen molar-refractivity contribution in [3.63, 3.8) is 0 Å². The van der Waals surface area contributed by atoms with Gasteiger partial charge in [-0.25, -0.2) is 0 Å². The van der Waals surface area contributed by atoms with Crippen LogP contribution in [-0.2, 0) is 18.9 Å². The van der Waals surface area contributed by atoms with E-state index in [1.807, 2.05) is 27.7 Å². The van der Waals surface area contributed by atoms with Gasteiger partial charge in [0.1, 0.15) is 0 Å². The van der Waals surface area contributed by atoms with Crippen LogP contribution >= 0.6 is 0 Å². The van der Waals surface area contributed by atoms with E-state index in [1.165, 1.54) is 0 Å². The minimum Gasteiger partial charge on any atom is -0.353 e. The van der Waals surface area contributed by atoms with Crippen LogP contribution in [-0.4, -0.2) is 70.1 Å². The molecule has 24 heavy (non-hydrogen) atoms. The third-order valence-electron chi connectivity index (χ3n) is 3.70. The SMILES string of the molecule is CCOC(CCN(CCCCN)CCC(OCC)OCC)OCC. The van der Waals surface area contributed by atoms with Gasteiger partial charge >= 0.3 is 0 Å². The first kappa shape index (κ1) is 23.8.